The number of aromatic nitrogens is 2. The van der Waals surface area contributed by atoms with E-state index in [1.54, 1.807) is 30.0 Å². The van der Waals surface area contributed by atoms with Crippen LogP contribution in [-0.2, 0) is 14.3 Å². The Kier molecular flexibility index (Phi) is 4.50. The summed E-state index contributed by atoms with van der Waals surface area (Å²) in [6.45, 7) is 5.98. The Hall–Kier alpha value is -3.74. The predicted octanol–water partition coefficient (Wildman–Crippen LogP) is 3.24. The highest BCUT2D eigenvalue weighted by molar-refractivity contribution is 6.41. The summed E-state index contributed by atoms with van der Waals surface area (Å²) < 4.78 is 6.59. The fourth-order valence-corrected chi connectivity index (χ4v) is 3.29. The number of hydrogen-bond donors (Lipinski definition) is 0. The Morgan fingerprint density at radius 2 is 1.76 bits per heavy atom. The van der Waals surface area contributed by atoms with E-state index < -0.39 is 17.8 Å². The fraction of sp³-hybridized carbons (Fsp3) is 0.182. The molecule has 4 rings (SSSR count). The first-order chi connectivity index (χ1) is 13.9. The van der Waals surface area contributed by atoms with E-state index in [0.29, 0.717) is 11.3 Å². The summed E-state index contributed by atoms with van der Waals surface area (Å²) in [6, 6.07) is 10.1. The van der Waals surface area contributed by atoms with Gasteiger partial charge in [-0.25, -0.2) is 14.7 Å². The number of imidazole rings is 1. The molecule has 1 aliphatic rings. The molecule has 3 aromatic rings. The third-order valence-corrected chi connectivity index (χ3v) is 4.96. The number of anilines is 1. The highest BCUT2D eigenvalue weighted by Gasteiger charge is 2.34. The Labute approximate surface area is 167 Å². The van der Waals surface area contributed by atoms with Crippen LogP contribution in [0.1, 0.15) is 28.4 Å². The number of aryl methyl sites for hydroxylation is 2. The monoisotopic (exact) mass is 389 g/mol. The molecule has 7 heteroatoms. The molecule has 0 radical (unpaired) electrons. The van der Waals surface area contributed by atoms with Gasteiger partial charge in [-0.2, -0.15) is 0 Å². The van der Waals surface area contributed by atoms with Crippen LogP contribution in [0.15, 0.2) is 48.8 Å². The van der Waals surface area contributed by atoms with Crippen LogP contribution in [0.4, 0.5) is 5.69 Å². The molecule has 0 bridgehead atoms. The molecule has 0 saturated heterocycles. The molecule has 0 atom stereocenters. The predicted molar refractivity (Wildman–Crippen MR) is 108 cm³/mol. The van der Waals surface area contributed by atoms with E-state index in [9.17, 15) is 14.4 Å². The van der Waals surface area contributed by atoms with Gasteiger partial charge in [-0.15, -0.1) is 0 Å². The largest absolute Gasteiger partial charge is 0.462 e. The molecule has 2 aromatic carbocycles. The Morgan fingerprint density at radius 3 is 2.45 bits per heavy atom. The number of carbonyl (C=O) groups is 3. The number of ether oxygens (including phenoxy) is 1. The topological polar surface area (TPSA) is 81.5 Å². The van der Waals surface area contributed by atoms with Crippen molar-refractivity contribution >= 4 is 40.2 Å². The van der Waals surface area contributed by atoms with Crippen LogP contribution in [0.25, 0.3) is 16.7 Å². The maximum absolute atomic E-state index is 13.0. The molecule has 0 fully saturated rings. The van der Waals surface area contributed by atoms with Crippen molar-refractivity contribution in [2.24, 2.45) is 0 Å². The van der Waals surface area contributed by atoms with E-state index >= 15 is 0 Å². The molecule has 0 aliphatic carbocycles. The summed E-state index contributed by atoms with van der Waals surface area (Å²) in [5.74, 6) is -1.34. The molecule has 146 valence electrons. The third-order valence-electron chi connectivity index (χ3n) is 4.96. The smallest absolute Gasteiger partial charge is 0.338 e. The van der Waals surface area contributed by atoms with Crippen LogP contribution in [-0.4, -0.2) is 33.9 Å². The summed E-state index contributed by atoms with van der Waals surface area (Å²) in [6.07, 6.45) is 2.85. The molecule has 0 N–H and O–H groups in total. The molecule has 2 heterocycles. The summed E-state index contributed by atoms with van der Waals surface area (Å²) in [7, 11) is 0. The number of benzene rings is 2. The SMILES string of the molecule is CCOC(=O)c1ccc(N2C(=O)C=C(n3cnc4cc(C)c(C)cc43)C2=O)cc1. The van der Waals surface area contributed by atoms with E-state index in [2.05, 4.69) is 4.98 Å². The number of fused-ring (bicyclic) bond motifs is 1. The molecule has 7 nitrogen and oxygen atoms in total. The van der Waals surface area contributed by atoms with E-state index in [4.69, 9.17) is 4.74 Å². The Balaban J connectivity index is 1.66. The number of rotatable bonds is 4. The molecular formula is C22H19N3O4. The average molecular weight is 389 g/mol. The van der Waals surface area contributed by atoms with Crippen LogP contribution in [0.5, 0.6) is 0 Å². The van der Waals surface area contributed by atoms with Crippen LogP contribution in [0.3, 0.4) is 0 Å². The summed E-state index contributed by atoms with van der Waals surface area (Å²) in [5, 5.41) is 0. The first kappa shape index (κ1) is 18.6. The lowest BCUT2D eigenvalue weighted by atomic mass is 10.1. The zero-order valence-corrected chi connectivity index (χ0v) is 16.3. The second-order valence-corrected chi connectivity index (χ2v) is 6.82. The van der Waals surface area contributed by atoms with E-state index in [0.717, 1.165) is 27.1 Å². The molecule has 1 aromatic heterocycles. The van der Waals surface area contributed by atoms with Crippen molar-refractivity contribution < 1.29 is 19.1 Å². The average Bonchev–Trinajstić information content (AvgIpc) is 3.22. The van der Waals surface area contributed by atoms with Crippen molar-refractivity contribution in [1.82, 2.24) is 9.55 Å². The van der Waals surface area contributed by atoms with Crippen molar-refractivity contribution in [3.8, 4) is 0 Å². The van der Waals surface area contributed by atoms with E-state index in [1.165, 1.54) is 18.2 Å². The highest BCUT2D eigenvalue weighted by atomic mass is 16.5. The van der Waals surface area contributed by atoms with Crippen molar-refractivity contribution in [1.29, 1.82) is 0 Å². The van der Waals surface area contributed by atoms with Gasteiger partial charge in [-0.3, -0.25) is 14.2 Å². The maximum Gasteiger partial charge on any atom is 0.338 e. The minimum Gasteiger partial charge on any atom is -0.462 e. The fourth-order valence-electron chi connectivity index (χ4n) is 3.29. The van der Waals surface area contributed by atoms with Gasteiger partial charge in [-0.1, -0.05) is 0 Å². The Bertz CT molecular complexity index is 1190. The summed E-state index contributed by atoms with van der Waals surface area (Å²) in [4.78, 5) is 42.8. The van der Waals surface area contributed by atoms with Gasteiger partial charge in [0.15, 0.2) is 0 Å². The molecule has 2 amide bonds. The molecule has 1 aliphatic heterocycles. The number of hydrogen-bond acceptors (Lipinski definition) is 5. The van der Waals surface area contributed by atoms with Gasteiger partial charge in [0.25, 0.3) is 11.8 Å². The van der Waals surface area contributed by atoms with Gasteiger partial charge in [0, 0.05) is 6.08 Å². The first-order valence-electron chi connectivity index (χ1n) is 9.22. The lowest BCUT2D eigenvalue weighted by Gasteiger charge is -2.15. The number of esters is 1. The van der Waals surface area contributed by atoms with E-state index in [-0.39, 0.29) is 12.3 Å². The molecule has 29 heavy (non-hydrogen) atoms. The Morgan fingerprint density at radius 1 is 1.07 bits per heavy atom. The lowest BCUT2D eigenvalue weighted by Crippen LogP contribution is -2.31. The van der Waals surface area contributed by atoms with Gasteiger partial charge in [0.2, 0.25) is 0 Å². The van der Waals surface area contributed by atoms with E-state index in [1.807, 2.05) is 26.0 Å². The van der Waals surface area contributed by atoms with Crippen LogP contribution in [0.2, 0.25) is 0 Å². The van der Waals surface area contributed by atoms with Crippen molar-refractivity contribution in [3.63, 3.8) is 0 Å². The molecular weight excluding hydrogens is 370 g/mol. The number of imide groups is 1. The minimum atomic E-state index is -0.451. The number of carbonyl (C=O) groups excluding carboxylic acids is 3. The zero-order chi connectivity index (χ0) is 20.7. The van der Waals surface area contributed by atoms with Crippen molar-refractivity contribution in [2.45, 2.75) is 20.8 Å². The van der Waals surface area contributed by atoms with Gasteiger partial charge in [-0.05, 0) is 68.3 Å². The van der Waals surface area contributed by atoms with Gasteiger partial charge in [0.05, 0.1) is 28.9 Å². The normalized spacial score (nSPS) is 13.9. The second-order valence-electron chi connectivity index (χ2n) is 6.82. The maximum atomic E-state index is 13.0. The quantitative estimate of drug-likeness (QED) is 0.505. The van der Waals surface area contributed by atoms with Gasteiger partial charge in [0.1, 0.15) is 12.0 Å². The molecule has 0 unspecified atom stereocenters. The van der Waals surface area contributed by atoms with Crippen molar-refractivity contribution in [2.75, 3.05) is 11.5 Å². The lowest BCUT2D eigenvalue weighted by molar-refractivity contribution is -0.119. The third kappa shape index (κ3) is 3.10. The minimum absolute atomic E-state index is 0.232. The van der Waals surface area contributed by atoms with Gasteiger partial charge < -0.3 is 4.74 Å². The number of amides is 2. The van der Waals surface area contributed by atoms with Crippen LogP contribution < -0.4 is 4.90 Å². The number of nitrogens with zero attached hydrogens (tertiary/aromatic N) is 3. The van der Waals surface area contributed by atoms with Gasteiger partial charge >= 0.3 is 5.97 Å². The molecule has 0 saturated carbocycles. The molecule has 0 spiro atoms. The highest BCUT2D eigenvalue weighted by Crippen LogP contribution is 2.28. The first-order valence-corrected chi connectivity index (χ1v) is 9.22. The second kappa shape index (κ2) is 7.01. The van der Waals surface area contributed by atoms with Crippen molar-refractivity contribution in [3.05, 3.63) is 65.5 Å². The van der Waals surface area contributed by atoms with Crippen LogP contribution >= 0.6 is 0 Å². The summed E-state index contributed by atoms with van der Waals surface area (Å²) in [5.41, 5.74) is 4.67. The summed E-state index contributed by atoms with van der Waals surface area (Å²) >= 11 is 0. The standard InChI is InChI=1S/C22H19N3O4/c1-4-29-22(28)15-5-7-16(8-6-15)25-20(26)11-19(21(25)27)24-12-23-17-9-13(2)14(3)10-18(17)24/h5-12H,4H2,1-3H3. The van der Waals surface area contributed by atoms with Crippen LogP contribution in [0, 0.1) is 13.8 Å². The zero-order valence-electron chi connectivity index (χ0n) is 16.3.